The van der Waals surface area contributed by atoms with Crippen LogP contribution in [0.3, 0.4) is 0 Å². The van der Waals surface area contributed by atoms with Gasteiger partial charge in [0.05, 0.1) is 5.75 Å². The molecular formula is C14H20Cl2N2OS. The highest BCUT2D eigenvalue weighted by atomic mass is 35.5. The number of amides is 1. The van der Waals surface area contributed by atoms with Crippen LogP contribution in [0.4, 0.5) is 0 Å². The predicted octanol–water partition coefficient (Wildman–Crippen LogP) is 3.06. The first-order valence-corrected chi connectivity index (χ1v) is 7.89. The fourth-order valence-electron chi connectivity index (χ4n) is 2.37. The highest BCUT2D eigenvalue weighted by Gasteiger charge is 2.27. The van der Waals surface area contributed by atoms with Crippen LogP contribution in [0.15, 0.2) is 29.2 Å². The van der Waals surface area contributed by atoms with Crippen LogP contribution in [0, 0.1) is 0 Å². The Morgan fingerprint density at radius 1 is 1.45 bits per heavy atom. The van der Waals surface area contributed by atoms with Gasteiger partial charge in [-0.25, -0.2) is 0 Å². The van der Waals surface area contributed by atoms with Crippen LogP contribution in [0.2, 0.25) is 5.02 Å². The van der Waals surface area contributed by atoms with Gasteiger partial charge in [0.2, 0.25) is 5.91 Å². The summed E-state index contributed by atoms with van der Waals surface area (Å²) in [5.74, 6) is 0.736. The molecule has 0 saturated carbocycles. The molecule has 0 spiro atoms. The van der Waals surface area contributed by atoms with Crippen molar-refractivity contribution in [3.8, 4) is 0 Å². The van der Waals surface area contributed by atoms with Crippen molar-refractivity contribution in [3.63, 3.8) is 0 Å². The number of rotatable bonds is 5. The molecule has 0 bridgehead atoms. The molecule has 0 aliphatic carbocycles. The SMILES string of the molecule is CNCC1CCCN1C(=O)CSc1ccc(Cl)cc1.Cl. The smallest absolute Gasteiger partial charge is 0.233 e. The zero-order valence-corrected chi connectivity index (χ0v) is 13.9. The molecule has 1 aromatic rings. The van der Waals surface area contributed by atoms with Gasteiger partial charge in [-0.3, -0.25) is 4.79 Å². The van der Waals surface area contributed by atoms with Crippen LogP contribution < -0.4 is 5.32 Å². The number of hydrogen-bond acceptors (Lipinski definition) is 3. The van der Waals surface area contributed by atoms with E-state index in [0.29, 0.717) is 11.8 Å². The van der Waals surface area contributed by atoms with Gasteiger partial charge in [-0.15, -0.1) is 24.2 Å². The van der Waals surface area contributed by atoms with E-state index in [1.54, 1.807) is 11.8 Å². The first kappa shape index (κ1) is 17.6. The molecule has 0 aromatic heterocycles. The van der Waals surface area contributed by atoms with Gasteiger partial charge in [0.1, 0.15) is 0 Å². The molecule has 1 aliphatic rings. The average Bonchev–Trinajstić information content (AvgIpc) is 2.86. The Bertz CT molecular complexity index is 428. The number of carbonyl (C=O) groups excluding carboxylic acids is 1. The van der Waals surface area contributed by atoms with Crippen molar-refractivity contribution in [1.29, 1.82) is 0 Å². The summed E-state index contributed by atoms with van der Waals surface area (Å²) >= 11 is 7.41. The van der Waals surface area contributed by atoms with Crippen LogP contribution in [0.5, 0.6) is 0 Å². The topological polar surface area (TPSA) is 32.3 Å². The van der Waals surface area contributed by atoms with Crippen LogP contribution in [0.1, 0.15) is 12.8 Å². The Balaban J connectivity index is 0.00000200. The number of benzene rings is 1. The largest absolute Gasteiger partial charge is 0.338 e. The van der Waals surface area contributed by atoms with E-state index in [0.717, 1.165) is 35.8 Å². The molecule has 1 fully saturated rings. The maximum absolute atomic E-state index is 12.2. The molecule has 0 radical (unpaired) electrons. The maximum atomic E-state index is 12.2. The van der Waals surface area contributed by atoms with Gasteiger partial charge in [0.25, 0.3) is 0 Å². The Labute approximate surface area is 135 Å². The molecule has 1 N–H and O–H groups in total. The maximum Gasteiger partial charge on any atom is 0.233 e. The molecule has 1 saturated heterocycles. The third-order valence-electron chi connectivity index (χ3n) is 3.31. The summed E-state index contributed by atoms with van der Waals surface area (Å²) in [7, 11) is 1.93. The number of hydrogen-bond donors (Lipinski definition) is 1. The van der Waals surface area contributed by atoms with E-state index in [9.17, 15) is 4.79 Å². The van der Waals surface area contributed by atoms with Crippen LogP contribution in [-0.4, -0.2) is 42.7 Å². The minimum atomic E-state index is 0. The molecule has 1 aromatic carbocycles. The Morgan fingerprint density at radius 3 is 2.80 bits per heavy atom. The molecule has 1 aliphatic heterocycles. The second kappa shape index (κ2) is 8.78. The zero-order chi connectivity index (χ0) is 13.7. The van der Waals surface area contributed by atoms with Gasteiger partial charge in [-0.1, -0.05) is 11.6 Å². The molecule has 1 unspecified atom stereocenters. The summed E-state index contributed by atoms with van der Waals surface area (Å²) in [6.07, 6.45) is 2.22. The van der Waals surface area contributed by atoms with Gasteiger partial charge in [0.15, 0.2) is 0 Å². The van der Waals surface area contributed by atoms with E-state index in [1.807, 2.05) is 36.2 Å². The van der Waals surface area contributed by atoms with Crippen LogP contribution >= 0.6 is 35.8 Å². The highest BCUT2D eigenvalue weighted by molar-refractivity contribution is 8.00. The molecule has 3 nitrogen and oxygen atoms in total. The van der Waals surface area contributed by atoms with Gasteiger partial charge < -0.3 is 10.2 Å². The summed E-state index contributed by atoms with van der Waals surface area (Å²) in [5, 5.41) is 3.89. The number of nitrogens with one attached hydrogen (secondary N) is 1. The first-order chi connectivity index (χ1) is 9.20. The zero-order valence-electron chi connectivity index (χ0n) is 11.5. The first-order valence-electron chi connectivity index (χ1n) is 6.53. The van der Waals surface area contributed by atoms with Crippen molar-refractivity contribution in [2.75, 3.05) is 25.9 Å². The fourth-order valence-corrected chi connectivity index (χ4v) is 3.28. The number of nitrogens with zero attached hydrogens (tertiary/aromatic N) is 1. The highest BCUT2D eigenvalue weighted by Crippen LogP contribution is 2.23. The molecule has 1 atom stereocenters. The molecule has 2 rings (SSSR count). The minimum Gasteiger partial charge on any atom is -0.338 e. The summed E-state index contributed by atoms with van der Waals surface area (Å²) in [5.41, 5.74) is 0. The predicted molar refractivity (Wildman–Crippen MR) is 88.1 cm³/mol. The minimum absolute atomic E-state index is 0. The summed E-state index contributed by atoms with van der Waals surface area (Å²) in [6.45, 7) is 1.78. The summed E-state index contributed by atoms with van der Waals surface area (Å²) in [4.78, 5) is 15.3. The molecule has 1 amide bonds. The molecule has 6 heteroatoms. The third-order valence-corrected chi connectivity index (χ3v) is 4.56. The lowest BCUT2D eigenvalue weighted by Crippen LogP contribution is -2.41. The number of halogens is 2. The van der Waals surface area contributed by atoms with Gasteiger partial charge in [-0.2, -0.15) is 0 Å². The molecule has 1 heterocycles. The summed E-state index contributed by atoms with van der Waals surface area (Å²) < 4.78 is 0. The Morgan fingerprint density at radius 2 is 2.15 bits per heavy atom. The molecule has 112 valence electrons. The average molecular weight is 335 g/mol. The van der Waals surface area contributed by atoms with Gasteiger partial charge >= 0.3 is 0 Å². The van der Waals surface area contributed by atoms with E-state index < -0.39 is 0 Å². The lowest BCUT2D eigenvalue weighted by Gasteiger charge is -2.24. The van der Waals surface area contributed by atoms with Crippen molar-refractivity contribution in [2.24, 2.45) is 0 Å². The standard InChI is InChI=1S/C14H19ClN2OS.ClH/c1-16-9-12-3-2-8-17(12)14(18)10-19-13-6-4-11(15)5-7-13;/h4-7,12,16H,2-3,8-10H2,1H3;1H. The lowest BCUT2D eigenvalue weighted by molar-refractivity contribution is -0.129. The van der Waals surface area contributed by atoms with Crippen molar-refractivity contribution in [1.82, 2.24) is 10.2 Å². The quantitative estimate of drug-likeness (QED) is 0.840. The van der Waals surface area contributed by atoms with E-state index >= 15 is 0 Å². The van der Waals surface area contributed by atoms with Crippen LogP contribution in [-0.2, 0) is 4.79 Å². The Kier molecular flexibility index (Phi) is 7.74. The van der Waals surface area contributed by atoms with Crippen molar-refractivity contribution >= 4 is 41.7 Å². The van der Waals surface area contributed by atoms with E-state index in [-0.39, 0.29) is 18.3 Å². The van der Waals surface area contributed by atoms with E-state index in [1.165, 1.54) is 0 Å². The van der Waals surface area contributed by atoms with Crippen molar-refractivity contribution in [3.05, 3.63) is 29.3 Å². The fraction of sp³-hybridized carbons (Fsp3) is 0.500. The number of carbonyl (C=O) groups is 1. The van der Waals surface area contributed by atoms with Gasteiger partial charge in [0, 0.05) is 29.0 Å². The number of thioether (sulfide) groups is 1. The second-order valence-corrected chi connectivity index (χ2v) is 6.17. The monoisotopic (exact) mass is 334 g/mol. The van der Waals surface area contributed by atoms with Gasteiger partial charge in [-0.05, 0) is 44.2 Å². The molecule has 20 heavy (non-hydrogen) atoms. The van der Waals surface area contributed by atoms with E-state index in [4.69, 9.17) is 11.6 Å². The number of likely N-dealkylation sites (tertiary alicyclic amines) is 1. The van der Waals surface area contributed by atoms with E-state index in [2.05, 4.69) is 5.32 Å². The second-order valence-electron chi connectivity index (χ2n) is 4.68. The van der Waals surface area contributed by atoms with Crippen molar-refractivity contribution in [2.45, 2.75) is 23.8 Å². The summed E-state index contributed by atoms with van der Waals surface area (Å²) in [6, 6.07) is 7.98. The third kappa shape index (κ3) is 4.85. The number of likely N-dealkylation sites (N-methyl/N-ethyl adjacent to an activating group) is 1. The normalized spacial score (nSPS) is 17.9. The lowest BCUT2D eigenvalue weighted by atomic mass is 10.2. The molecular weight excluding hydrogens is 315 g/mol. The van der Waals surface area contributed by atoms with Crippen molar-refractivity contribution < 1.29 is 4.79 Å². The van der Waals surface area contributed by atoms with Crippen LogP contribution in [0.25, 0.3) is 0 Å². The Hall–Kier alpha value is -0.420.